The lowest BCUT2D eigenvalue weighted by atomic mass is 10.2. The predicted molar refractivity (Wildman–Crippen MR) is 94.5 cm³/mol. The molecule has 1 aromatic heterocycles. The third-order valence-electron chi connectivity index (χ3n) is 3.69. The third kappa shape index (κ3) is 4.22. The van der Waals surface area contributed by atoms with Gasteiger partial charge in [-0.1, -0.05) is 11.6 Å². The molecule has 3 aromatic rings. The minimum atomic E-state index is -4.62. The highest BCUT2D eigenvalue weighted by atomic mass is 35.5. The molecule has 0 bridgehead atoms. The number of aromatic nitrogens is 2. The largest absolute Gasteiger partial charge is 0.497 e. The number of hydrogen-bond acceptors (Lipinski definition) is 3. The van der Waals surface area contributed by atoms with Gasteiger partial charge in [0, 0.05) is 11.9 Å². The molecule has 0 atom stereocenters. The van der Waals surface area contributed by atoms with Crippen LogP contribution in [0.3, 0.4) is 0 Å². The molecule has 5 nitrogen and oxygen atoms in total. The van der Waals surface area contributed by atoms with Gasteiger partial charge in [0.25, 0.3) is 5.91 Å². The van der Waals surface area contributed by atoms with Crippen LogP contribution in [0.15, 0.2) is 54.7 Å². The quantitative estimate of drug-likeness (QED) is 0.690. The molecule has 9 heteroatoms. The number of hydrogen-bond donors (Lipinski definition) is 1. The first kappa shape index (κ1) is 18.8. The van der Waals surface area contributed by atoms with E-state index in [1.165, 1.54) is 16.8 Å². The van der Waals surface area contributed by atoms with Crippen LogP contribution in [0.5, 0.6) is 5.75 Å². The van der Waals surface area contributed by atoms with Gasteiger partial charge in [-0.2, -0.15) is 18.3 Å². The van der Waals surface area contributed by atoms with E-state index in [4.69, 9.17) is 16.3 Å². The summed E-state index contributed by atoms with van der Waals surface area (Å²) in [6.45, 7) is 0. The van der Waals surface area contributed by atoms with Gasteiger partial charge in [0.15, 0.2) is 5.69 Å². The Morgan fingerprint density at radius 1 is 1.15 bits per heavy atom. The molecule has 3 rings (SSSR count). The van der Waals surface area contributed by atoms with Crippen molar-refractivity contribution in [2.75, 3.05) is 12.4 Å². The molecule has 0 saturated heterocycles. The van der Waals surface area contributed by atoms with Crippen molar-refractivity contribution in [2.24, 2.45) is 0 Å². The van der Waals surface area contributed by atoms with Crippen LogP contribution in [-0.4, -0.2) is 22.8 Å². The second kappa shape index (κ2) is 7.32. The van der Waals surface area contributed by atoms with Gasteiger partial charge in [0.05, 0.1) is 23.4 Å². The first-order valence-electron chi connectivity index (χ1n) is 7.66. The molecule has 1 N–H and O–H groups in total. The molecule has 0 aliphatic carbocycles. The van der Waals surface area contributed by atoms with Crippen molar-refractivity contribution in [3.05, 3.63) is 71.0 Å². The minimum absolute atomic E-state index is 0.0317. The number of carbonyl (C=O) groups is 1. The number of methoxy groups -OCH3 is 1. The third-order valence-corrected chi connectivity index (χ3v) is 4.02. The smallest absolute Gasteiger partial charge is 0.417 e. The molecule has 0 saturated carbocycles. The summed E-state index contributed by atoms with van der Waals surface area (Å²) >= 11 is 5.57. The molecule has 2 aromatic carbocycles. The fourth-order valence-electron chi connectivity index (χ4n) is 2.34. The van der Waals surface area contributed by atoms with Gasteiger partial charge in [0.1, 0.15) is 5.75 Å². The highest BCUT2D eigenvalue weighted by molar-refractivity contribution is 6.31. The fraction of sp³-hybridized carbons (Fsp3) is 0.111. The summed E-state index contributed by atoms with van der Waals surface area (Å²) in [5.41, 5.74) is -0.309. The van der Waals surface area contributed by atoms with Gasteiger partial charge in [-0.05, 0) is 48.5 Å². The second-order valence-electron chi connectivity index (χ2n) is 5.49. The van der Waals surface area contributed by atoms with Crippen LogP contribution < -0.4 is 10.1 Å². The number of ether oxygens (including phenoxy) is 1. The molecule has 0 aliphatic heterocycles. The highest BCUT2D eigenvalue weighted by Gasteiger charge is 2.33. The Bertz CT molecular complexity index is 969. The van der Waals surface area contributed by atoms with E-state index in [-0.39, 0.29) is 11.4 Å². The molecule has 0 spiro atoms. The summed E-state index contributed by atoms with van der Waals surface area (Å²) in [7, 11) is 1.55. The minimum Gasteiger partial charge on any atom is -0.497 e. The van der Waals surface area contributed by atoms with E-state index < -0.39 is 22.7 Å². The molecule has 0 radical (unpaired) electrons. The van der Waals surface area contributed by atoms with Gasteiger partial charge in [-0.25, -0.2) is 4.68 Å². The maximum Gasteiger partial charge on any atom is 0.417 e. The predicted octanol–water partition coefficient (Wildman–Crippen LogP) is 4.81. The monoisotopic (exact) mass is 395 g/mol. The lowest BCUT2D eigenvalue weighted by molar-refractivity contribution is -0.137. The van der Waals surface area contributed by atoms with E-state index in [2.05, 4.69) is 10.4 Å². The molecule has 0 unspecified atom stereocenters. The van der Waals surface area contributed by atoms with Gasteiger partial charge in [-0.15, -0.1) is 0 Å². The zero-order valence-electron chi connectivity index (χ0n) is 13.9. The molecule has 1 amide bonds. The molecular weight excluding hydrogens is 383 g/mol. The number of halogens is 4. The first-order valence-corrected chi connectivity index (χ1v) is 8.04. The molecule has 140 valence electrons. The topological polar surface area (TPSA) is 56.1 Å². The normalized spacial score (nSPS) is 11.3. The number of nitrogens with one attached hydrogen (secondary N) is 1. The zero-order chi connectivity index (χ0) is 19.6. The highest BCUT2D eigenvalue weighted by Crippen LogP contribution is 2.36. The number of benzene rings is 2. The van der Waals surface area contributed by atoms with Crippen LogP contribution in [0.2, 0.25) is 5.02 Å². The SMILES string of the molecule is COc1ccc(-n2ccc(C(=O)Nc3ccc(Cl)c(C(F)(F)F)c3)n2)cc1. The van der Waals surface area contributed by atoms with E-state index in [0.29, 0.717) is 11.4 Å². The number of carbonyl (C=O) groups excluding carboxylic acids is 1. The van der Waals surface area contributed by atoms with Crippen molar-refractivity contribution < 1.29 is 22.7 Å². The number of rotatable bonds is 4. The van der Waals surface area contributed by atoms with Gasteiger partial charge in [-0.3, -0.25) is 4.79 Å². The second-order valence-corrected chi connectivity index (χ2v) is 5.90. The van der Waals surface area contributed by atoms with Crippen molar-refractivity contribution in [3.8, 4) is 11.4 Å². The summed E-state index contributed by atoms with van der Waals surface area (Å²) in [5.74, 6) is 0.0322. The number of anilines is 1. The summed E-state index contributed by atoms with van der Waals surface area (Å²) in [6, 6.07) is 11.6. The van der Waals surface area contributed by atoms with Gasteiger partial charge in [0.2, 0.25) is 0 Å². The Balaban J connectivity index is 1.78. The van der Waals surface area contributed by atoms with Crippen LogP contribution in [0, 0.1) is 0 Å². The van der Waals surface area contributed by atoms with E-state index in [0.717, 1.165) is 12.1 Å². The lowest BCUT2D eigenvalue weighted by Crippen LogP contribution is -2.14. The first-order chi connectivity index (χ1) is 12.8. The van der Waals surface area contributed by atoms with E-state index >= 15 is 0 Å². The Morgan fingerprint density at radius 2 is 1.85 bits per heavy atom. The van der Waals surface area contributed by atoms with E-state index in [9.17, 15) is 18.0 Å². The van der Waals surface area contributed by atoms with Crippen LogP contribution >= 0.6 is 11.6 Å². The van der Waals surface area contributed by atoms with Crippen LogP contribution in [-0.2, 0) is 6.18 Å². The fourth-order valence-corrected chi connectivity index (χ4v) is 2.56. The van der Waals surface area contributed by atoms with Crippen LogP contribution in [0.1, 0.15) is 16.1 Å². The Kier molecular flexibility index (Phi) is 5.09. The zero-order valence-corrected chi connectivity index (χ0v) is 14.7. The lowest BCUT2D eigenvalue weighted by Gasteiger charge is -2.11. The van der Waals surface area contributed by atoms with E-state index in [1.807, 2.05) is 0 Å². The van der Waals surface area contributed by atoms with Gasteiger partial charge >= 0.3 is 6.18 Å². The van der Waals surface area contributed by atoms with E-state index in [1.54, 1.807) is 37.6 Å². The average molecular weight is 396 g/mol. The summed E-state index contributed by atoms with van der Waals surface area (Å²) in [4.78, 5) is 12.3. The van der Waals surface area contributed by atoms with Gasteiger partial charge < -0.3 is 10.1 Å². The van der Waals surface area contributed by atoms with Crippen LogP contribution in [0.4, 0.5) is 18.9 Å². The number of alkyl halides is 3. The molecule has 0 aliphatic rings. The van der Waals surface area contributed by atoms with Crippen molar-refractivity contribution in [3.63, 3.8) is 0 Å². The molecule has 0 fully saturated rings. The van der Waals surface area contributed by atoms with Crippen molar-refractivity contribution >= 4 is 23.2 Å². The standard InChI is InChI=1S/C18H13ClF3N3O2/c1-27-13-5-3-12(4-6-13)25-9-8-16(24-25)17(26)23-11-2-7-15(19)14(10-11)18(20,21)22/h2-10H,1H3,(H,23,26). The maximum absolute atomic E-state index is 12.9. The Morgan fingerprint density at radius 3 is 2.48 bits per heavy atom. The maximum atomic E-state index is 12.9. The molecular formula is C18H13ClF3N3O2. The Labute approximate surface area is 157 Å². The van der Waals surface area contributed by atoms with Crippen molar-refractivity contribution in [1.29, 1.82) is 0 Å². The number of amides is 1. The number of nitrogens with zero attached hydrogens (tertiary/aromatic N) is 2. The Hall–Kier alpha value is -3.00. The van der Waals surface area contributed by atoms with Crippen molar-refractivity contribution in [1.82, 2.24) is 9.78 Å². The summed E-state index contributed by atoms with van der Waals surface area (Å²) in [6.07, 6.45) is -3.05. The molecule has 27 heavy (non-hydrogen) atoms. The summed E-state index contributed by atoms with van der Waals surface area (Å²) < 4.78 is 45.3. The molecule has 1 heterocycles. The summed E-state index contributed by atoms with van der Waals surface area (Å²) in [5, 5.41) is 6.08. The van der Waals surface area contributed by atoms with Crippen molar-refractivity contribution in [2.45, 2.75) is 6.18 Å². The average Bonchev–Trinajstić information content (AvgIpc) is 3.13. The van der Waals surface area contributed by atoms with Crippen LogP contribution in [0.25, 0.3) is 5.69 Å².